The number of rotatable bonds is 4. The van der Waals surface area contributed by atoms with Crippen molar-refractivity contribution < 1.29 is 19.0 Å². The van der Waals surface area contributed by atoms with Crippen LogP contribution >= 0.6 is 11.6 Å². The van der Waals surface area contributed by atoms with E-state index >= 15 is 0 Å². The lowest BCUT2D eigenvalue weighted by atomic mass is 10.1. The van der Waals surface area contributed by atoms with Crippen LogP contribution < -0.4 is 10.5 Å². The Morgan fingerprint density at radius 2 is 2.18 bits per heavy atom. The number of carboxylic acids is 1. The molecule has 0 aliphatic rings. The molecule has 0 aliphatic heterocycles. The van der Waals surface area contributed by atoms with Crippen LogP contribution in [0.2, 0.25) is 5.02 Å². The Balaban J connectivity index is 2.74. The Kier molecular flexibility index (Phi) is 4.27. The molecule has 1 aromatic heterocycles. The molecule has 114 valence electrons. The van der Waals surface area contributed by atoms with Gasteiger partial charge in [0.15, 0.2) is 23.1 Å². The molecule has 0 bridgehead atoms. The molecular formula is C14H11ClFN3O3. The molecule has 1 aromatic carbocycles. The number of nitrogens with zero attached hydrogens (tertiary/aromatic N) is 2. The Bertz CT molecular complexity index is 780. The minimum atomic E-state index is -1.33. The molecule has 2 rings (SSSR count). The second-order valence-corrected chi connectivity index (χ2v) is 4.55. The molecule has 6 nitrogen and oxygen atoms in total. The molecule has 0 amide bonds. The largest absolute Gasteiger partial charge is 0.492 e. The third-order valence-electron chi connectivity index (χ3n) is 2.88. The van der Waals surface area contributed by atoms with E-state index in [1.165, 1.54) is 25.3 Å². The fourth-order valence-electron chi connectivity index (χ4n) is 1.86. The topological polar surface area (TPSA) is 98.3 Å². The summed E-state index contributed by atoms with van der Waals surface area (Å²) in [4.78, 5) is 19.0. The number of hydrogen-bond donors (Lipinski definition) is 2. The van der Waals surface area contributed by atoms with Crippen molar-refractivity contribution in [2.24, 2.45) is 0 Å². The van der Waals surface area contributed by atoms with Gasteiger partial charge in [-0.1, -0.05) is 24.3 Å². The molecule has 0 radical (unpaired) electrons. The lowest BCUT2D eigenvalue weighted by Gasteiger charge is -2.11. The summed E-state index contributed by atoms with van der Waals surface area (Å²) < 4.78 is 19.2. The average molecular weight is 324 g/mol. The van der Waals surface area contributed by atoms with Crippen LogP contribution in [0.15, 0.2) is 18.7 Å². The third-order valence-corrected chi connectivity index (χ3v) is 3.17. The second kappa shape index (κ2) is 5.98. The van der Waals surface area contributed by atoms with E-state index in [9.17, 15) is 14.3 Å². The van der Waals surface area contributed by atoms with Crippen LogP contribution in [0.3, 0.4) is 0 Å². The standard InChI is InChI=1S/C14H11ClFN3O3/c1-3-6-10(14(20)21)18-13(19-12(6)17)7-4-5-8(15)11(22-2)9(7)16/h3-5H,1H2,2H3,(H,20,21)(H2,17,18,19). The minimum Gasteiger partial charge on any atom is -0.492 e. The molecule has 8 heteroatoms. The second-order valence-electron chi connectivity index (χ2n) is 4.15. The van der Waals surface area contributed by atoms with Crippen molar-refractivity contribution in [1.29, 1.82) is 0 Å². The van der Waals surface area contributed by atoms with E-state index in [-0.39, 0.29) is 39.2 Å². The highest BCUT2D eigenvalue weighted by atomic mass is 35.5. The SMILES string of the molecule is C=Cc1c(N)nc(-c2ccc(Cl)c(OC)c2F)nc1C(=O)O. The lowest BCUT2D eigenvalue weighted by molar-refractivity contribution is 0.0690. The van der Waals surface area contributed by atoms with Gasteiger partial charge in [0, 0.05) is 5.56 Å². The maximum atomic E-state index is 14.4. The number of ether oxygens (including phenoxy) is 1. The van der Waals surface area contributed by atoms with E-state index in [1.54, 1.807) is 0 Å². The van der Waals surface area contributed by atoms with Crippen LogP contribution in [-0.4, -0.2) is 28.2 Å². The van der Waals surface area contributed by atoms with Crippen molar-refractivity contribution in [3.05, 3.63) is 40.8 Å². The summed E-state index contributed by atoms with van der Waals surface area (Å²) in [5.41, 5.74) is 5.31. The summed E-state index contributed by atoms with van der Waals surface area (Å²) in [6.07, 6.45) is 1.22. The Morgan fingerprint density at radius 3 is 2.73 bits per heavy atom. The van der Waals surface area contributed by atoms with Crippen LogP contribution in [0.5, 0.6) is 5.75 Å². The molecule has 3 N–H and O–H groups in total. The number of methoxy groups -OCH3 is 1. The Morgan fingerprint density at radius 1 is 1.50 bits per heavy atom. The number of aromatic carboxylic acids is 1. The number of anilines is 1. The van der Waals surface area contributed by atoms with Gasteiger partial charge in [-0.3, -0.25) is 0 Å². The van der Waals surface area contributed by atoms with Gasteiger partial charge < -0.3 is 15.6 Å². The van der Waals surface area contributed by atoms with Crippen molar-refractivity contribution in [1.82, 2.24) is 9.97 Å². The molecule has 1 heterocycles. The van der Waals surface area contributed by atoms with E-state index in [0.717, 1.165) is 0 Å². The molecular weight excluding hydrogens is 313 g/mol. The quantitative estimate of drug-likeness (QED) is 0.897. The number of carboxylic acid groups (broad SMARTS) is 1. The predicted octanol–water partition coefficient (Wildman–Crippen LogP) is 2.87. The molecule has 0 atom stereocenters. The summed E-state index contributed by atoms with van der Waals surface area (Å²) in [6, 6.07) is 2.70. The molecule has 0 aliphatic carbocycles. The maximum absolute atomic E-state index is 14.4. The summed E-state index contributed by atoms with van der Waals surface area (Å²) in [5.74, 6) is -2.63. The van der Waals surface area contributed by atoms with Gasteiger partial charge >= 0.3 is 5.97 Å². The minimum absolute atomic E-state index is 0.0672. The van der Waals surface area contributed by atoms with E-state index in [4.69, 9.17) is 22.1 Å². The van der Waals surface area contributed by atoms with Crippen LogP contribution in [0.1, 0.15) is 16.1 Å². The van der Waals surface area contributed by atoms with Crippen LogP contribution in [0.25, 0.3) is 17.5 Å². The Hall–Kier alpha value is -2.67. The first-order valence-corrected chi connectivity index (χ1v) is 6.34. The van der Waals surface area contributed by atoms with Gasteiger partial charge in [0.1, 0.15) is 5.82 Å². The third kappa shape index (κ3) is 2.58. The zero-order valence-electron chi connectivity index (χ0n) is 11.4. The van der Waals surface area contributed by atoms with Gasteiger partial charge in [-0.15, -0.1) is 0 Å². The van der Waals surface area contributed by atoms with Crippen molar-refractivity contribution >= 4 is 29.5 Å². The molecule has 0 unspecified atom stereocenters. The highest BCUT2D eigenvalue weighted by molar-refractivity contribution is 6.32. The molecule has 0 saturated heterocycles. The zero-order valence-corrected chi connectivity index (χ0v) is 12.2. The van der Waals surface area contributed by atoms with Crippen molar-refractivity contribution in [3.63, 3.8) is 0 Å². The van der Waals surface area contributed by atoms with Gasteiger partial charge in [0.25, 0.3) is 0 Å². The van der Waals surface area contributed by atoms with Gasteiger partial charge in [-0.2, -0.15) is 0 Å². The van der Waals surface area contributed by atoms with E-state index in [1.807, 2.05) is 0 Å². The number of nitrogen functional groups attached to an aromatic ring is 1. The van der Waals surface area contributed by atoms with Crippen molar-refractivity contribution in [2.45, 2.75) is 0 Å². The summed E-state index contributed by atoms with van der Waals surface area (Å²) in [5, 5.41) is 9.24. The molecule has 0 saturated carbocycles. The molecule has 0 fully saturated rings. The van der Waals surface area contributed by atoms with Crippen LogP contribution in [0, 0.1) is 5.82 Å². The average Bonchev–Trinajstić information content (AvgIpc) is 2.46. The number of hydrogen-bond acceptors (Lipinski definition) is 5. The van der Waals surface area contributed by atoms with E-state index in [2.05, 4.69) is 16.5 Å². The van der Waals surface area contributed by atoms with E-state index < -0.39 is 11.8 Å². The molecule has 2 aromatic rings. The Labute approximate surface area is 130 Å². The highest BCUT2D eigenvalue weighted by Gasteiger charge is 2.21. The first-order chi connectivity index (χ1) is 10.4. The first-order valence-electron chi connectivity index (χ1n) is 5.96. The fourth-order valence-corrected chi connectivity index (χ4v) is 2.09. The number of halogens is 2. The highest BCUT2D eigenvalue weighted by Crippen LogP contribution is 2.34. The number of benzene rings is 1. The lowest BCUT2D eigenvalue weighted by Crippen LogP contribution is -2.10. The molecule has 0 spiro atoms. The summed E-state index contributed by atoms with van der Waals surface area (Å²) >= 11 is 5.81. The smallest absolute Gasteiger partial charge is 0.355 e. The number of aromatic nitrogens is 2. The maximum Gasteiger partial charge on any atom is 0.355 e. The molecule has 22 heavy (non-hydrogen) atoms. The van der Waals surface area contributed by atoms with Gasteiger partial charge in [0.05, 0.1) is 17.7 Å². The normalized spacial score (nSPS) is 10.3. The predicted molar refractivity (Wildman–Crippen MR) is 80.5 cm³/mol. The number of nitrogens with two attached hydrogens (primary N) is 1. The summed E-state index contributed by atoms with van der Waals surface area (Å²) in [6.45, 7) is 3.46. The summed E-state index contributed by atoms with van der Waals surface area (Å²) in [7, 11) is 1.26. The van der Waals surface area contributed by atoms with E-state index in [0.29, 0.717) is 0 Å². The first kappa shape index (κ1) is 15.7. The number of carbonyl (C=O) groups is 1. The zero-order chi connectivity index (χ0) is 16.4. The van der Waals surface area contributed by atoms with Crippen molar-refractivity contribution in [3.8, 4) is 17.1 Å². The van der Waals surface area contributed by atoms with Crippen LogP contribution in [-0.2, 0) is 0 Å². The monoisotopic (exact) mass is 323 g/mol. The fraction of sp³-hybridized carbons (Fsp3) is 0.0714. The van der Waals surface area contributed by atoms with Gasteiger partial charge in [-0.25, -0.2) is 19.2 Å². The van der Waals surface area contributed by atoms with Crippen molar-refractivity contribution in [2.75, 3.05) is 12.8 Å². The van der Waals surface area contributed by atoms with Gasteiger partial charge in [-0.05, 0) is 12.1 Å². The van der Waals surface area contributed by atoms with Gasteiger partial charge in [0.2, 0.25) is 0 Å². The van der Waals surface area contributed by atoms with Crippen LogP contribution in [0.4, 0.5) is 10.2 Å².